The minimum Gasteiger partial charge on any atom is -0.744 e. The van der Waals surface area contributed by atoms with Gasteiger partial charge in [0, 0.05) is 4.90 Å². The minimum atomic E-state index is -4.54. The van der Waals surface area contributed by atoms with Crippen LogP contribution in [0.4, 0.5) is 0 Å². The molecule has 0 saturated heterocycles. The second-order valence-electron chi connectivity index (χ2n) is 3.04. The van der Waals surface area contributed by atoms with Crippen LogP contribution >= 0.6 is 0 Å². The molecule has 2 rings (SSSR count). The molecule has 0 atom stereocenters. The summed E-state index contributed by atoms with van der Waals surface area (Å²) in [4.78, 5) is -0.438. The predicted octanol–water partition coefficient (Wildman–Crippen LogP) is -4.74. The number of hydrogen-bond donors (Lipinski definition) is 1. The number of benzene rings is 2. The molecule has 0 radical (unpaired) electrons. The van der Waals surface area contributed by atoms with E-state index in [4.69, 9.17) is 0 Å². The molecular weight excluding hydrogens is 262 g/mol. The van der Waals surface area contributed by atoms with Crippen molar-refractivity contribution in [1.29, 1.82) is 0 Å². The van der Waals surface area contributed by atoms with E-state index in [1.165, 1.54) is 12.1 Å². The molecule has 0 fully saturated rings. The molecule has 0 aliphatic carbocycles. The zero-order valence-electron chi connectivity index (χ0n) is 9.47. The number of aromatic hydroxyl groups is 1. The maximum Gasteiger partial charge on any atom is 1.00 e. The third-order valence-electron chi connectivity index (χ3n) is 2.04. The molecule has 0 bridgehead atoms. The summed E-state index contributed by atoms with van der Waals surface area (Å²) in [5, 5.41) is 10.5. The van der Waals surface area contributed by atoms with Crippen LogP contribution in [0, 0.1) is 6.07 Å². The average molecular weight is 268 g/mol. The van der Waals surface area contributed by atoms with Crippen LogP contribution in [0.25, 0.3) is 10.8 Å². The van der Waals surface area contributed by atoms with Crippen LogP contribution in [0.5, 0.6) is 5.75 Å². The number of phenolic OH excluding ortho intramolecular Hbond substituents is 1. The number of rotatable bonds is 1. The number of fused-ring (bicyclic) bond motifs is 1. The van der Waals surface area contributed by atoms with Gasteiger partial charge in [-0.15, -0.1) is 5.39 Å². The molecule has 17 heavy (non-hydrogen) atoms. The normalized spacial score (nSPS) is 10.4. The average Bonchev–Trinajstić information content (AvgIpc) is 2.16. The molecule has 0 aromatic heterocycles. The van der Waals surface area contributed by atoms with Crippen LogP contribution in [0.15, 0.2) is 35.2 Å². The van der Waals surface area contributed by atoms with E-state index >= 15 is 0 Å². The Balaban J connectivity index is 0.00000128. The Morgan fingerprint density at radius 2 is 1.88 bits per heavy atom. The fraction of sp³-hybridized carbons (Fsp3) is 0. The third kappa shape index (κ3) is 3.94. The minimum absolute atomic E-state index is 0. The van der Waals surface area contributed by atoms with E-state index in [1.54, 1.807) is 12.1 Å². The first kappa shape index (κ1) is 17.4. The molecule has 0 aliphatic heterocycles. The second-order valence-corrected chi connectivity index (χ2v) is 4.42. The van der Waals surface area contributed by atoms with Gasteiger partial charge in [0.25, 0.3) is 0 Å². The van der Waals surface area contributed by atoms with Gasteiger partial charge in [-0.1, -0.05) is 11.5 Å². The molecular formula is C10H6Na2O4S. The Bertz CT molecular complexity index is 625. The first-order valence-electron chi connectivity index (χ1n) is 4.07. The Hall–Kier alpha value is 0.410. The van der Waals surface area contributed by atoms with E-state index in [9.17, 15) is 18.1 Å². The van der Waals surface area contributed by atoms with Gasteiger partial charge in [0.2, 0.25) is 0 Å². The van der Waals surface area contributed by atoms with Gasteiger partial charge in [0.15, 0.2) is 0 Å². The largest absolute Gasteiger partial charge is 1.00 e. The molecule has 7 heteroatoms. The molecule has 4 nitrogen and oxygen atoms in total. The van der Waals surface area contributed by atoms with Crippen molar-refractivity contribution < 1.29 is 77.2 Å². The van der Waals surface area contributed by atoms with Crippen molar-refractivity contribution in [3.8, 4) is 5.75 Å². The quantitative estimate of drug-likeness (QED) is 0.320. The Labute approximate surface area is 143 Å². The van der Waals surface area contributed by atoms with Crippen LogP contribution in [0.2, 0.25) is 0 Å². The summed E-state index contributed by atoms with van der Waals surface area (Å²) < 4.78 is 32.3. The summed E-state index contributed by atoms with van der Waals surface area (Å²) in [5.74, 6) is -0.226. The number of hydrogen-bond acceptors (Lipinski definition) is 4. The van der Waals surface area contributed by atoms with Crippen LogP contribution in [0.3, 0.4) is 0 Å². The SMILES string of the molecule is O=S(=O)([O-])c1cc(O)c2cc[c-]cc2c1.[Na+].[Na+]. The maximum absolute atomic E-state index is 10.8. The van der Waals surface area contributed by atoms with Crippen LogP contribution < -0.4 is 59.1 Å². The monoisotopic (exact) mass is 268 g/mol. The summed E-state index contributed by atoms with van der Waals surface area (Å²) >= 11 is 0. The first-order valence-corrected chi connectivity index (χ1v) is 5.48. The van der Waals surface area contributed by atoms with Gasteiger partial charge in [-0.2, -0.15) is 24.3 Å². The van der Waals surface area contributed by atoms with Gasteiger partial charge < -0.3 is 9.66 Å². The molecule has 2 aromatic rings. The van der Waals surface area contributed by atoms with E-state index in [1.807, 2.05) is 0 Å². The second kappa shape index (κ2) is 6.54. The van der Waals surface area contributed by atoms with Gasteiger partial charge in [-0.05, 0) is 6.07 Å². The first-order chi connectivity index (χ1) is 6.98. The van der Waals surface area contributed by atoms with Crippen molar-refractivity contribution in [2.75, 3.05) is 0 Å². The predicted molar refractivity (Wildman–Crippen MR) is 52.4 cm³/mol. The standard InChI is InChI=1S/C10H7O4S.2Na/c11-10-6-8(15(12,13)14)5-7-3-1-2-4-9(7)10;;/h2-6,11H,(H,12,13,14);;/q-1;2*+1/p-1. The van der Waals surface area contributed by atoms with Gasteiger partial charge in [0.1, 0.15) is 15.9 Å². The molecule has 0 amide bonds. The van der Waals surface area contributed by atoms with Gasteiger partial charge in [0.05, 0.1) is 0 Å². The van der Waals surface area contributed by atoms with Crippen LogP contribution in [-0.2, 0) is 10.1 Å². The Morgan fingerprint density at radius 3 is 2.47 bits per heavy atom. The van der Waals surface area contributed by atoms with Crippen molar-refractivity contribution in [1.82, 2.24) is 0 Å². The molecule has 0 unspecified atom stereocenters. The van der Waals surface area contributed by atoms with Crippen molar-refractivity contribution in [3.05, 3.63) is 36.4 Å². The van der Waals surface area contributed by atoms with Crippen molar-refractivity contribution in [2.45, 2.75) is 4.90 Å². The zero-order valence-corrected chi connectivity index (χ0v) is 14.3. The van der Waals surface area contributed by atoms with Crippen molar-refractivity contribution >= 4 is 20.9 Å². The van der Waals surface area contributed by atoms with Crippen molar-refractivity contribution in [2.24, 2.45) is 0 Å². The molecule has 0 spiro atoms. The summed E-state index contributed by atoms with van der Waals surface area (Å²) in [6, 6.07) is 9.58. The topological polar surface area (TPSA) is 77.4 Å². The van der Waals surface area contributed by atoms with E-state index in [0.717, 1.165) is 6.07 Å². The fourth-order valence-electron chi connectivity index (χ4n) is 1.35. The van der Waals surface area contributed by atoms with Crippen LogP contribution in [0.1, 0.15) is 0 Å². The molecule has 0 aliphatic rings. The summed E-state index contributed by atoms with van der Waals surface area (Å²) in [7, 11) is -4.54. The van der Waals surface area contributed by atoms with Crippen LogP contribution in [-0.4, -0.2) is 18.1 Å². The third-order valence-corrected chi connectivity index (χ3v) is 2.85. The summed E-state index contributed by atoms with van der Waals surface area (Å²) in [6.07, 6.45) is 0. The zero-order chi connectivity index (χ0) is 11.1. The van der Waals surface area contributed by atoms with E-state index in [0.29, 0.717) is 10.8 Å². The van der Waals surface area contributed by atoms with Gasteiger partial charge in [-0.25, -0.2) is 8.42 Å². The van der Waals surface area contributed by atoms with Gasteiger partial charge in [-0.3, -0.25) is 0 Å². The van der Waals surface area contributed by atoms with E-state index in [-0.39, 0.29) is 64.9 Å². The summed E-state index contributed by atoms with van der Waals surface area (Å²) in [5.41, 5.74) is 0. The smallest absolute Gasteiger partial charge is 0.744 e. The molecule has 0 heterocycles. The van der Waals surface area contributed by atoms with Gasteiger partial charge >= 0.3 is 59.1 Å². The fourth-order valence-corrected chi connectivity index (χ4v) is 1.88. The summed E-state index contributed by atoms with van der Waals surface area (Å²) in [6.45, 7) is 0. The van der Waals surface area contributed by atoms with Crippen molar-refractivity contribution in [3.63, 3.8) is 0 Å². The number of phenols is 1. The Morgan fingerprint density at radius 1 is 1.24 bits per heavy atom. The van der Waals surface area contributed by atoms with E-state index < -0.39 is 15.0 Å². The van der Waals surface area contributed by atoms with E-state index in [2.05, 4.69) is 6.07 Å². The molecule has 78 valence electrons. The maximum atomic E-state index is 10.8. The molecule has 0 saturated carbocycles. The molecule has 1 N–H and O–H groups in total. The molecule has 2 aromatic carbocycles. The Kier molecular flexibility index (Phi) is 6.70.